The van der Waals surface area contributed by atoms with Crippen LogP contribution >= 0.6 is 15.9 Å². The Balaban J connectivity index is 3.08. The number of anilines is 1. The van der Waals surface area contributed by atoms with E-state index in [-0.39, 0.29) is 16.7 Å². The van der Waals surface area contributed by atoms with Crippen molar-refractivity contribution in [2.45, 2.75) is 30.8 Å². The summed E-state index contributed by atoms with van der Waals surface area (Å²) in [6, 6.07) is 2.31. The molecule has 0 radical (unpaired) electrons. The summed E-state index contributed by atoms with van der Waals surface area (Å²) < 4.78 is 39.9. The van der Waals surface area contributed by atoms with Gasteiger partial charge >= 0.3 is 0 Å². The van der Waals surface area contributed by atoms with Gasteiger partial charge in [0.05, 0.1) is 10.1 Å². The molecule has 0 aliphatic carbocycles. The van der Waals surface area contributed by atoms with Crippen LogP contribution in [0.3, 0.4) is 0 Å². The minimum Gasteiger partial charge on any atom is -0.399 e. The lowest BCUT2D eigenvalue weighted by atomic mass is 10.1. The highest BCUT2D eigenvalue weighted by molar-refractivity contribution is 9.10. The minimum absolute atomic E-state index is 0.0323. The van der Waals surface area contributed by atoms with Crippen LogP contribution in [0.2, 0.25) is 0 Å². The van der Waals surface area contributed by atoms with Crippen LogP contribution in [0, 0.1) is 5.82 Å². The molecule has 0 aliphatic heterocycles. The molecule has 0 saturated carbocycles. The second-order valence-electron chi connectivity index (χ2n) is 4.49. The van der Waals surface area contributed by atoms with Crippen molar-refractivity contribution >= 4 is 31.6 Å². The molecule has 1 rings (SSSR count). The largest absolute Gasteiger partial charge is 0.399 e. The van der Waals surface area contributed by atoms with Crippen LogP contribution in [0.15, 0.2) is 21.5 Å². The highest BCUT2D eigenvalue weighted by Crippen LogP contribution is 2.26. The van der Waals surface area contributed by atoms with Crippen molar-refractivity contribution in [3.63, 3.8) is 0 Å². The second-order valence-corrected chi connectivity index (χ2v) is 7.08. The van der Waals surface area contributed by atoms with E-state index in [0.29, 0.717) is 6.42 Å². The average molecular weight is 355 g/mol. The third-order valence-electron chi connectivity index (χ3n) is 2.71. The fraction of sp³-hybridized carbons (Fsp3) is 0.455. The van der Waals surface area contributed by atoms with E-state index in [2.05, 4.69) is 20.7 Å². The van der Waals surface area contributed by atoms with Crippen LogP contribution in [0.4, 0.5) is 10.1 Å². The molecule has 1 unspecified atom stereocenters. The number of nitrogens with two attached hydrogens (primary N) is 1. The summed E-state index contributed by atoms with van der Waals surface area (Å²) in [4.78, 5) is -0.550. The lowest BCUT2D eigenvalue weighted by Crippen LogP contribution is -2.40. The minimum atomic E-state index is -4.07. The van der Waals surface area contributed by atoms with Gasteiger partial charge in [-0.15, -0.1) is 0 Å². The van der Waals surface area contributed by atoms with Gasteiger partial charge in [-0.2, -0.15) is 0 Å². The Kier molecular flexibility index (Phi) is 4.94. The van der Waals surface area contributed by atoms with Crippen LogP contribution in [-0.2, 0) is 10.0 Å². The average Bonchev–Trinajstić information content (AvgIpc) is 2.31. The van der Waals surface area contributed by atoms with Gasteiger partial charge in [0.25, 0.3) is 0 Å². The number of nitrogen functional groups attached to an aromatic ring is 1. The van der Waals surface area contributed by atoms with Crippen molar-refractivity contribution in [2.75, 3.05) is 12.3 Å². The van der Waals surface area contributed by atoms with E-state index < -0.39 is 26.3 Å². The second kappa shape index (κ2) is 5.74. The number of nitrogens with one attached hydrogen (secondary N) is 1. The first-order valence-corrected chi connectivity index (χ1v) is 7.83. The molecule has 0 heterocycles. The summed E-state index contributed by atoms with van der Waals surface area (Å²) in [6.45, 7) is 2.99. The lowest BCUT2D eigenvalue weighted by molar-refractivity contribution is 0.0613. The van der Waals surface area contributed by atoms with E-state index in [4.69, 9.17) is 5.73 Å². The molecule has 1 aromatic rings. The summed E-state index contributed by atoms with van der Waals surface area (Å²) in [7, 11) is -4.07. The number of hydrogen-bond donors (Lipinski definition) is 3. The molecule has 0 saturated heterocycles. The molecule has 1 aromatic carbocycles. The van der Waals surface area contributed by atoms with Gasteiger partial charge in [0.1, 0.15) is 4.90 Å². The van der Waals surface area contributed by atoms with Gasteiger partial charge in [-0.25, -0.2) is 17.5 Å². The van der Waals surface area contributed by atoms with Crippen LogP contribution in [-0.4, -0.2) is 25.7 Å². The zero-order valence-corrected chi connectivity index (χ0v) is 13.0. The normalized spacial score (nSPS) is 15.2. The first kappa shape index (κ1) is 16.4. The van der Waals surface area contributed by atoms with Crippen molar-refractivity contribution < 1.29 is 17.9 Å². The molecule has 8 heteroatoms. The monoisotopic (exact) mass is 354 g/mol. The Labute approximate surface area is 120 Å². The summed E-state index contributed by atoms with van der Waals surface area (Å²) >= 11 is 2.90. The fourth-order valence-corrected chi connectivity index (χ4v) is 3.14. The lowest BCUT2D eigenvalue weighted by Gasteiger charge is -2.21. The molecule has 0 spiro atoms. The zero-order chi connectivity index (χ0) is 14.8. The summed E-state index contributed by atoms with van der Waals surface area (Å²) in [6.07, 6.45) is 0.360. The van der Waals surface area contributed by atoms with E-state index in [9.17, 15) is 17.9 Å². The number of halogens is 2. The SMILES string of the molecule is CCC(C)(O)CNS(=O)(=O)c1cc(N)cc(Br)c1F. The third kappa shape index (κ3) is 4.13. The Bertz CT molecular complexity index is 576. The molecule has 0 aromatic heterocycles. The van der Waals surface area contributed by atoms with Gasteiger partial charge in [-0.3, -0.25) is 0 Å². The number of hydrogen-bond acceptors (Lipinski definition) is 4. The zero-order valence-electron chi connectivity index (χ0n) is 10.6. The smallest absolute Gasteiger partial charge is 0.243 e. The topological polar surface area (TPSA) is 92.4 Å². The number of benzene rings is 1. The summed E-state index contributed by atoms with van der Waals surface area (Å²) in [5.74, 6) is -0.919. The summed E-state index contributed by atoms with van der Waals surface area (Å²) in [5, 5.41) is 9.76. The maximum Gasteiger partial charge on any atom is 0.243 e. The Hall–Kier alpha value is -0.700. The molecule has 0 fully saturated rings. The molecule has 0 amide bonds. The standard InChI is InChI=1S/C11H16BrFN2O3S/c1-3-11(2,16)6-15-19(17,18)9-5-7(14)4-8(12)10(9)13/h4-5,15-16H,3,6,14H2,1-2H3. The summed E-state index contributed by atoms with van der Waals surface area (Å²) in [5.41, 5.74) is 4.42. The molecule has 19 heavy (non-hydrogen) atoms. The van der Waals surface area contributed by atoms with E-state index in [1.807, 2.05) is 0 Å². The molecule has 5 nitrogen and oxygen atoms in total. The molecule has 108 valence electrons. The van der Waals surface area contributed by atoms with Gasteiger partial charge in [-0.1, -0.05) is 6.92 Å². The van der Waals surface area contributed by atoms with Crippen molar-refractivity contribution in [3.05, 3.63) is 22.4 Å². The third-order valence-corrected chi connectivity index (χ3v) is 4.69. The molecular formula is C11H16BrFN2O3S. The Morgan fingerprint density at radius 3 is 2.63 bits per heavy atom. The predicted molar refractivity (Wildman–Crippen MR) is 74.6 cm³/mol. The van der Waals surface area contributed by atoms with Crippen molar-refractivity contribution in [2.24, 2.45) is 0 Å². The van der Waals surface area contributed by atoms with Gasteiger partial charge in [0.2, 0.25) is 10.0 Å². The fourth-order valence-electron chi connectivity index (χ4n) is 1.23. The van der Waals surface area contributed by atoms with E-state index in [1.165, 1.54) is 13.0 Å². The maximum absolute atomic E-state index is 13.8. The number of rotatable bonds is 5. The van der Waals surface area contributed by atoms with Crippen molar-refractivity contribution in [1.82, 2.24) is 4.72 Å². The highest BCUT2D eigenvalue weighted by atomic mass is 79.9. The molecule has 4 N–H and O–H groups in total. The molecular weight excluding hydrogens is 339 g/mol. The Morgan fingerprint density at radius 1 is 1.53 bits per heavy atom. The van der Waals surface area contributed by atoms with E-state index >= 15 is 0 Å². The number of sulfonamides is 1. The van der Waals surface area contributed by atoms with Crippen LogP contribution in [0.1, 0.15) is 20.3 Å². The Morgan fingerprint density at radius 2 is 2.11 bits per heavy atom. The van der Waals surface area contributed by atoms with Gasteiger partial charge in [-0.05, 0) is 41.4 Å². The predicted octanol–water partition coefficient (Wildman–Crippen LogP) is 1.61. The van der Waals surface area contributed by atoms with Crippen LogP contribution < -0.4 is 10.5 Å². The molecule has 0 aliphatic rings. The van der Waals surface area contributed by atoms with Gasteiger partial charge in [0, 0.05) is 12.2 Å². The quantitative estimate of drug-likeness (QED) is 0.700. The van der Waals surface area contributed by atoms with Crippen molar-refractivity contribution in [1.29, 1.82) is 0 Å². The van der Waals surface area contributed by atoms with Crippen molar-refractivity contribution in [3.8, 4) is 0 Å². The van der Waals surface area contributed by atoms with Gasteiger partial charge in [0.15, 0.2) is 5.82 Å². The van der Waals surface area contributed by atoms with E-state index in [1.54, 1.807) is 6.92 Å². The van der Waals surface area contributed by atoms with Gasteiger partial charge < -0.3 is 10.8 Å². The van der Waals surface area contributed by atoms with Crippen LogP contribution in [0.5, 0.6) is 0 Å². The highest BCUT2D eigenvalue weighted by Gasteiger charge is 2.25. The maximum atomic E-state index is 13.8. The molecule has 0 bridgehead atoms. The first-order chi connectivity index (χ1) is 8.59. The first-order valence-electron chi connectivity index (χ1n) is 5.55. The number of aliphatic hydroxyl groups is 1. The van der Waals surface area contributed by atoms with Crippen LogP contribution in [0.25, 0.3) is 0 Å². The molecule has 1 atom stereocenters. The van der Waals surface area contributed by atoms with E-state index in [0.717, 1.165) is 6.07 Å².